The van der Waals surface area contributed by atoms with Gasteiger partial charge < -0.3 is 19.7 Å². The Kier molecular flexibility index (Phi) is 4.36. The standard InChI is InChI=1S/C20H21N3O5S/c24-20(14-5-6-16-17(11-14)28-12-27-16)23-9-7-13(8-10-23)19-21-15-3-1-2-4-18(15)29(25,26)22-19/h1-6,11,13,19,21-22H,7-10,12H2/t19-/m0/s1. The summed E-state index contributed by atoms with van der Waals surface area (Å²) in [4.78, 5) is 14.9. The van der Waals surface area contributed by atoms with Crippen LogP contribution < -0.4 is 19.5 Å². The number of benzene rings is 2. The molecule has 3 aliphatic heterocycles. The molecule has 0 aliphatic carbocycles. The fraction of sp³-hybridized carbons (Fsp3) is 0.350. The van der Waals surface area contributed by atoms with Crippen LogP contribution in [0.4, 0.5) is 5.69 Å². The molecule has 5 rings (SSSR count). The van der Waals surface area contributed by atoms with Gasteiger partial charge in [0, 0.05) is 18.7 Å². The van der Waals surface area contributed by atoms with E-state index < -0.39 is 10.0 Å². The van der Waals surface area contributed by atoms with Gasteiger partial charge in [-0.1, -0.05) is 12.1 Å². The van der Waals surface area contributed by atoms with Gasteiger partial charge in [0.15, 0.2) is 11.5 Å². The first-order valence-corrected chi connectivity index (χ1v) is 11.1. The molecule has 3 heterocycles. The summed E-state index contributed by atoms with van der Waals surface area (Å²) in [6, 6.07) is 12.1. The van der Waals surface area contributed by atoms with Crippen LogP contribution in [0.5, 0.6) is 11.5 Å². The number of nitrogens with one attached hydrogen (secondary N) is 2. The normalized spacial score (nSPS) is 22.6. The topological polar surface area (TPSA) is 97.0 Å². The van der Waals surface area contributed by atoms with E-state index in [2.05, 4.69) is 10.0 Å². The molecule has 9 heteroatoms. The second-order valence-corrected chi connectivity index (χ2v) is 9.12. The highest BCUT2D eigenvalue weighted by atomic mass is 32.2. The molecule has 0 saturated carbocycles. The highest BCUT2D eigenvalue weighted by Gasteiger charge is 2.36. The van der Waals surface area contributed by atoms with E-state index >= 15 is 0 Å². The molecule has 1 atom stereocenters. The van der Waals surface area contributed by atoms with Gasteiger partial charge in [-0.25, -0.2) is 8.42 Å². The van der Waals surface area contributed by atoms with Crippen LogP contribution >= 0.6 is 0 Å². The van der Waals surface area contributed by atoms with Gasteiger partial charge in [0.25, 0.3) is 5.91 Å². The summed E-state index contributed by atoms with van der Waals surface area (Å²) in [5, 5.41) is 3.30. The number of fused-ring (bicyclic) bond motifs is 2. The van der Waals surface area contributed by atoms with Gasteiger partial charge in [-0.2, -0.15) is 4.72 Å². The van der Waals surface area contributed by atoms with Gasteiger partial charge in [-0.15, -0.1) is 0 Å². The fourth-order valence-corrected chi connectivity index (χ4v) is 5.50. The second-order valence-electron chi connectivity index (χ2n) is 7.44. The van der Waals surface area contributed by atoms with Gasteiger partial charge in [-0.05, 0) is 49.1 Å². The SMILES string of the molecule is O=C(c1ccc2c(c1)OCO2)N1CCC([C@H]2Nc3ccccc3S(=O)(=O)N2)CC1. The summed E-state index contributed by atoms with van der Waals surface area (Å²) in [5.41, 5.74) is 1.19. The number of ether oxygens (including phenoxy) is 2. The van der Waals surface area contributed by atoms with Crippen molar-refractivity contribution in [2.75, 3.05) is 25.2 Å². The first-order valence-electron chi connectivity index (χ1n) is 9.58. The summed E-state index contributed by atoms with van der Waals surface area (Å²) in [7, 11) is -3.54. The lowest BCUT2D eigenvalue weighted by Gasteiger charge is -2.38. The number of piperidine rings is 1. The number of carbonyl (C=O) groups is 1. The van der Waals surface area contributed by atoms with Crippen molar-refractivity contribution in [3.63, 3.8) is 0 Å². The quantitative estimate of drug-likeness (QED) is 0.779. The molecule has 0 aromatic heterocycles. The number of sulfonamides is 1. The van der Waals surface area contributed by atoms with Gasteiger partial charge >= 0.3 is 0 Å². The third-order valence-corrected chi connectivity index (χ3v) is 7.19. The Hall–Kier alpha value is -2.78. The Morgan fingerprint density at radius 2 is 1.79 bits per heavy atom. The molecule has 0 spiro atoms. The number of anilines is 1. The Bertz CT molecular complexity index is 1060. The summed E-state index contributed by atoms with van der Waals surface area (Å²) < 4.78 is 38.5. The smallest absolute Gasteiger partial charge is 0.253 e. The van der Waals surface area contributed by atoms with Gasteiger partial charge in [0.1, 0.15) is 4.90 Å². The van der Waals surface area contributed by atoms with E-state index in [9.17, 15) is 13.2 Å². The second kappa shape index (κ2) is 6.93. The van der Waals surface area contributed by atoms with Gasteiger partial charge in [0.2, 0.25) is 16.8 Å². The lowest BCUT2D eigenvalue weighted by atomic mass is 9.93. The molecule has 0 unspecified atom stereocenters. The zero-order chi connectivity index (χ0) is 20.0. The molecular formula is C20H21N3O5S. The van der Waals surface area contributed by atoms with E-state index in [1.807, 2.05) is 6.07 Å². The minimum absolute atomic E-state index is 0.0516. The third kappa shape index (κ3) is 3.30. The maximum Gasteiger partial charge on any atom is 0.253 e. The van der Waals surface area contributed by atoms with Gasteiger partial charge in [-0.3, -0.25) is 4.79 Å². The molecule has 8 nitrogen and oxygen atoms in total. The molecule has 152 valence electrons. The Labute approximate surface area is 168 Å². The summed E-state index contributed by atoms with van der Waals surface area (Å²) in [5.74, 6) is 1.28. The number of carbonyl (C=O) groups excluding carboxylic acids is 1. The minimum Gasteiger partial charge on any atom is -0.454 e. The van der Waals surface area contributed by atoms with Crippen LogP contribution in [0, 0.1) is 5.92 Å². The monoisotopic (exact) mass is 415 g/mol. The summed E-state index contributed by atoms with van der Waals surface area (Å²) in [6.07, 6.45) is 1.04. The highest BCUT2D eigenvalue weighted by Crippen LogP contribution is 2.34. The number of rotatable bonds is 2. The largest absolute Gasteiger partial charge is 0.454 e. The Balaban J connectivity index is 1.26. The Morgan fingerprint density at radius 1 is 1.03 bits per heavy atom. The van der Waals surface area contributed by atoms with Crippen molar-refractivity contribution < 1.29 is 22.7 Å². The van der Waals surface area contributed by atoms with E-state index in [0.29, 0.717) is 48.7 Å². The van der Waals surface area contributed by atoms with Crippen molar-refractivity contribution in [2.45, 2.75) is 23.9 Å². The van der Waals surface area contributed by atoms with E-state index in [0.717, 1.165) is 0 Å². The summed E-state index contributed by atoms with van der Waals surface area (Å²) in [6.45, 7) is 1.31. The van der Waals surface area contributed by atoms with E-state index in [-0.39, 0.29) is 29.7 Å². The van der Waals surface area contributed by atoms with Crippen molar-refractivity contribution in [3.8, 4) is 11.5 Å². The minimum atomic E-state index is -3.54. The maximum absolute atomic E-state index is 12.9. The Morgan fingerprint density at radius 3 is 2.62 bits per heavy atom. The molecule has 0 radical (unpaired) electrons. The van der Waals surface area contributed by atoms with E-state index in [4.69, 9.17) is 9.47 Å². The van der Waals surface area contributed by atoms with Crippen molar-refractivity contribution in [1.82, 2.24) is 9.62 Å². The lowest BCUT2D eigenvalue weighted by molar-refractivity contribution is 0.0679. The molecule has 1 amide bonds. The number of hydrogen-bond acceptors (Lipinski definition) is 6. The lowest BCUT2D eigenvalue weighted by Crippen LogP contribution is -2.52. The molecule has 3 aliphatic rings. The van der Waals surface area contributed by atoms with Crippen LogP contribution in [-0.2, 0) is 10.0 Å². The van der Waals surface area contributed by atoms with Crippen LogP contribution in [0.2, 0.25) is 0 Å². The maximum atomic E-state index is 12.9. The predicted molar refractivity (Wildman–Crippen MR) is 105 cm³/mol. The van der Waals surface area contributed by atoms with Gasteiger partial charge in [0.05, 0.1) is 11.9 Å². The van der Waals surface area contributed by atoms with Crippen LogP contribution in [0.15, 0.2) is 47.4 Å². The predicted octanol–water partition coefficient (Wildman–Crippen LogP) is 2.00. The number of amides is 1. The zero-order valence-corrected chi connectivity index (χ0v) is 16.4. The molecule has 0 bridgehead atoms. The zero-order valence-electron chi connectivity index (χ0n) is 15.6. The average Bonchev–Trinajstić information content (AvgIpc) is 3.21. The number of likely N-dealkylation sites (tertiary alicyclic amines) is 1. The molecule has 29 heavy (non-hydrogen) atoms. The fourth-order valence-electron chi connectivity index (χ4n) is 4.11. The number of nitrogens with zero attached hydrogens (tertiary/aromatic N) is 1. The summed E-state index contributed by atoms with van der Waals surface area (Å²) >= 11 is 0. The van der Waals surface area contributed by atoms with Crippen molar-refractivity contribution in [2.24, 2.45) is 5.92 Å². The van der Waals surface area contributed by atoms with Crippen LogP contribution in [0.25, 0.3) is 0 Å². The molecule has 1 fully saturated rings. The van der Waals surface area contributed by atoms with E-state index in [1.165, 1.54) is 0 Å². The van der Waals surface area contributed by atoms with Crippen LogP contribution in [0.1, 0.15) is 23.2 Å². The van der Waals surface area contributed by atoms with Crippen molar-refractivity contribution >= 4 is 21.6 Å². The molecule has 1 saturated heterocycles. The highest BCUT2D eigenvalue weighted by molar-refractivity contribution is 7.89. The van der Waals surface area contributed by atoms with Crippen molar-refractivity contribution in [3.05, 3.63) is 48.0 Å². The van der Waals surface area contributed by atoms with Crippen LogP contribution in [-0.4, -0.2) is 45.3 Å². The number of hydrogen-bond donors (Lipinski definition) is 2. The molecule has 2 aromatic rings. The first-order chi connectivity index (χ1) is 14.0. The molecule has 2 aromatic carbocycles. The number of para-hydroxylation sites is 1. The molecule has 2 N–H and O–H groups in total. The first kappa shape index (κ1) is 18.3. The van der Waals surface area contributed by atoms with Crippen molar-refractivity contribution in [1.29, 1.82) is 0 Å². The third-order valence-electron chi connectivity index (χ3n) is 5.69. The average molecular weight is 415 g/mol. The van der Waals surface area contributed by atoms with Crippen LogP contribution in [0.3, 0.4) is 0 Å². The molecular weight excluding hydrogens is 394 g/mol. The van der Waals surface area contributed by atoms with E-state index in [1.54, 1.807) is 41.3 Å².